The minimum Gasteiger partial charge on any atom is -0.335 e. The third-order valence-corrected chi connectivity index (χ3v) is 5.09. The lowest BCUT2D eigenvalue weighted by Gasteiger charge is -2.40. The first-order valence-electron chi connectivity index (χ1n) is 8.57. The summed E-state index contributed by atoms with van der Waals surface area (Å²) in [5.41, 5.74) is 1.55. The number of hydrogen-bond donors (Lipinski definition) is 0. The van der Waals surface area contributed by atoms with Crippen molar-refractivity contribution in [3.05, 3.63) is 27.9 Å². The maximum atomic E-state index is 13.0. The van der Waals surface area contributed by atoms with Gasteiger partial charge in [-0.3, -0.25) is 14.5 Å². The molecule has 0 saturated carbocycles. The minimum absolute atomic E-state index is 0. The molecule has 2 aliphatic rings. The van der Waals surface area contributed by atoms with Crippen LogP contribution in [0.15, 0.2) is 11.1 Å². The number of nitrogens with zero attached hydrogens (tertiary/aromatic N) is 4. The summed E-state index contributed by atoms with van der Waals surface area (Å²) in [6, 6.07) is 0.364. The maximum Gasteiger partial charge on any atom is 0.256 e. The lowest BCUT2D eigenvalue weighted by molar-refractivity contribution is -0.140. The van der Waals surface area contributed by atoms with E-state index < -0.39 is 0 Å². The number of aromatic nitrogens is 2. The number of carbonyl (C=O) groups is 1. The number of hydrogen-bond acceptors (Lipinski definition) is 4. The summed E-state index contributed by atoms with van der Waals surface area (Å²) in [6.45, 7) is 6.39. The molecule has 1 atom stereocenters. The largest absolute Gasteiger partial charge is 0.335 e. The van der Waals surface area contributed by atoms with Gasteiger partial charge in [0.05, 0.1) is 24.6 Å². The number of aryl methyl sites for hydroxylation is 1. The van der Waals surface area contributed by atoms with Gasteiger partial charge in [0.1, 0.15) is 0 Å². The average Bonchev–Trinajstić information content (AvgIpc) is 2.57. The predicted molar refractivity (Wildman–Crippen MR) is 103 cm³/mol. The molecule has 142 valence electrons. The van der Waals surface area contributed by atoms with E-state index in [0.29, 0.717) is 25.6 Å². The highest BCUT2D eigenvalue weighted by Gasteiger charge is 2.35. The van der Waals surface area contributed by atoms with Gasteiger partial charge in [0.25, 0.3) is 5.56 Å². The second-order valence-corrected chi connectivity index (χ2v) is 6.94. The van der Waals surface area contributed by atoms with Gasteiger partial charge in [-0.2, -0.15) is 0 Å². The Kier molecular flexibility index (Phi) is 7.90. The first-order chi connectivity index (χ1) is 11.0. The fraction of sp³-hybridized carbons (Fsp3) is 0.706. The zero-order chi connectivity index (χ0) is 16.6. The third-order valence-electron chi connectivity index (χ3n) is 5.09. The predicted octanol–water partition coefficient (Wildman–Crippen LogP) is 1.77. The molecule has 3 heterocycles. The molecule has 0 bridgehead atoms. The minimum atomic E-state index is -0.0168. The van der Waals surface area contributed by atoms with Crippen LogP contribution >= 0.6 is 24.8 Å². The Balaban J connectivity index is 0.00000156. The molecular formula is C17H28Cl2N4O2. The Labute approximate surface area is 161 Å². The molecule has 1 aromatic heterocycles. The second kappa shape index (κ2) is 9.01. The number of piperidine rings is 1. The monoisotopic (exact) mass is 390 g/mol. The van der Waals surface area contributed by atoms with Crippen molar-refractivity contribution in [2.75, 3.05) is 13.1 Å². The van der Waals surface area contributed by atoms with Crippen LogP contribution in [0.1, 0.15) is 44.4 Å². The summed E-state index contributed by atoms with van der Waals surface area (Å²) in [7, 11) is 1.72. The molecule has 25 heavy (non-hydrogen) atoms. The molecule has 0 N–H and O–H groups in total. The van der Waals surface area contributed by atoms with Crippen molar-refractivity contribution in [3.63, 3.8) is 0 Å². The number of rotatable bonds is 2. The fourth-order valence-electron chi connectivity index (χ4n) is 3.75. The van der Waals surface area contributed by atoms with Gasteiger partial charge in [0.2, 0.25) is 5.91 Å². The Hall–Kier alpha value is -1.11. The highest BCUT2D eigenvalue weighted by atomic mass is 35.5. The smallest absolute Gasteiger partial charge is 0.256 e. The molecule has 0 aromatic carbocycles. The molecule has 0 radical (unpaired) electrons. The van der Waals surface area contributed by atoms with Crippen LogP contribution < -0.4 is 5.56 Å². The van der Waals surface area contributed by atoms with Crippen molar-refractivity contribution in [1.82, 2.24) is 19.4 Å². The van der Waals surface area contributed by atoms with E-state index in [4.69, 9.17) is 0 Å². The lowest BCUT2D eigenvalue weighted by atomic mass is 9.97. The first kappa shape index (κ1) is 21.9. The van der Waals surface area contributed by atoms with Crippen molar-refractivity contribution < 1.29 is 4.79 Å². The molecule has 8 heteroatoms. The lowest BCUT2D eigenvalue weighted by Crippen LogP contribution is -2.54. The van der Waals surface area contributed by atoms with Gasteiger partial charge in [0.15, 0.2) is 0 Å². The van der Waals surface area contributed by atoms with Crippen molar-refractivity contribution in [3.8, 4) is 0 Å². The number of fused-ring (bicyclic) bond motifs is 1. The number of likely N-dealkylation sites (tertiary alicyclic amines) is 1. The van der Waals surface area contributed by atoms with Gasteiger partial charge in [-0.05, 0) is 39.7 Å². The Morgan fingerprint density at radius 1 is 1.24 bits per heavy atom. The van der Waals surface area contributed by atoms with Gasteiger partial charge in [-0.25, -0.2) is 4.98 Å². The van der Waals surface area contributed by atoms with Crippen molar-refractivity contribution >= 4 is 30.7 Å². The summed E-state index contributed by atoms with van der Waals surface area (Å²) >= 11 is 0. The Morgan fingerprint density at radius 3 is 2.64 bits per heavy atom. The van der Waals surface area contributed by atoms with Crippen LogP contribution in [0.2, 0.25) is 0 Å². The van der Waals surface area contributed by atoms with E-state index in [0.717, 1.165) is 30.6 Å². The summed E-state index contributed by atoms with van der Waals surface area (Å²) in [6.07, 6.45) is 5.38. The summed E-state index contributed by atoms with van der Waals surface area (Å²) in [4.78, 5) is 33.7. The highest BCUT2D eigenvalue weighted by molar-refractivity contribution is 5.85. The van der Waals surface area contributed by atoms with Crippen LogP contribution in [0, 0.1) is 0 Å². The maximum absolute atomic E-state index is 13.0. The van der Waals surface area contributed by atoms with E-state index in [1.165, 1.54) is 11.0 Å². The van der Waals surface area contributed by atoms with Gasteiger partial charge < -0.3 is 9.47 Å². The number of halogens is 2. The van der Waals surface area contributed by atoms with Gasteiger partial charge in [0, 0.05) is 25.2 Å². The van der Waals surface area contributed by atoms with Gasteiger partial charge in [-0.15, -0.1) is 24.8 Å². The Bertz CT molecular complexity index is 663. The number of amides is 1. The molecule has 3 rings (SSSR count). The molecule has 0 spiro atoms. The molecule has 1 unspecified atom stereocenters. The van der Waals surface area contributed by atoms with E-state index in [2.05, 4.69) is 23.7 Å². The van der Waals surface area contributed by atoms with Crippen molar-refractivity contribution in [2.45, 2.75) is 58.2 Å². The number of carbonyl (C=O) groups excluding carboxylic acids is 1. The molecule has 1 amide bonds. The van der Waals surface area contributed by atoms with Crippen LogP contribution in [-0.4, -0.2) is 50.4 Å². The van der Waals surface area contributed by atoms with E-state index >= 15 is 0 Å². The Morgan fingerprint density at radius 2 is 1.96 bits per heavy atom. The molecule has 2 aliphatic heterocycles. The summed E-state index contributed by atoms with van der Waals surface area (Å²) in [5.74, 6) is 0.200. The third kappa shape index (κ3) is 4.36. The summed E-state index contributed by atoms with van der Waals surface area (Å²) in [5, 5.41) is 0. The quantitative estimate of drug-likeness (QED) is 0.771. The highest BCUT2D eigenvalue weighted by Crippen LogP contribution is 2.23. The van der Waals surface area contributed by atoms with E-state index in [-0.39, 0.29) is 42.3 Å². The van der Waals surface area contributed by atoms with E-state index in [1.54, 1.807) is 13.4 Å². The van der Waals surface area contributed by atoms with Crippen LogP contribution in [0.3, 0.4) is 0 Å². The zero-order valence-corrected chi connectivity index (χ0v) is 16.7. The van der Waals surface area contributed by atoms with Gasteiger partial charge >= 0.3 is 0 Å². The van der Waals surface area contributed by atoms with Crippen molar-refractivity contribution in [2.24, 2.45) is 7.05 Å². The van der Waals surface area contributed by atoms with Gasteiger partial charge in [-0.1, -0.05) is 6.42 Å². The molecule has 1 saturated heterocycles. The van der Waals surface area contributed by atoms with Crippen LogP contribution in [0.25, 0.3) is 0 Å². The molecule has 0 aliphatic carbocycles. The van der Waals surface area contributed by atoms with E-state index in [9.17, 15) is 9.59 Å². The molecule has 1 aromatic rings. The van der Waals surface area contributed by atoms with E-state index in [1.807, 2.05) is 4.90 Å². The normalized spacial score (nSPS) is 20.5. The average molecular weight is 391 g/mol. The summed E-state index contributed by atoms with van der Waals surface area (Å²) < 4.78 is 1.51. The molecule has 6 nitrogen and oxygen atoms in total. The zero-order valence-electron chi connectivity index (χ0n) is 15.1. The second-order valence-electron chi connectivity index (χ2n) is 6.94. The van der Waals surface area contributed by atoms with Crippen LogP contribution in [0.4, 0.5) is 0 Å². The molecule has 1 fully saturated rings. The standard InChI is InChI=1S/C17H26N4O2.2ClH/c1-12(2)21-8-5-4-6-15(21)17(23)20-9-7-13-14(10-20)18-11-19(3)16(13)22;;/h11-12,15H,4-10H2,1-3H3;2*1H. The fourth-order valence-corrected chi connectivity index (χ4v) is 3.75. The van der Waals surface area contributed by atoms with Crippen molar-refractivity contribution in [1.29, 1.82) is 0 Å². The first-order valence-corrected chi connectivity index (χ1v) is 8.57. The molecular weight excluding hydrogens is 363 g/mol. The van der Waals surface area contributed by atoms with Crippen LogP contribution in [-0.2, 0) is 24.8 Å². The van der Waals surface area contributed by atoms with Crippen LogP contribution in [0.5, 0.6) is 0 Å². The topological polar surface area (TPSA) is 58.4 Å². The SMILES string of the molecule is CC(C)N1CCCCC1C(=O)N1CCc2c(ncn(C)c2=O)C1.Cl.Cl.